The van der Waals surface area contributed by atoms with E-state index in [4.69, 9.17) is 5.14 Å². The summed E-state index contributed by atoms with van der Waals surface area (Å²) in [5, 5.41) is 5.46. The minimum Gasteiger partial charge on any atom is -0.228 e. The fourth-order valence-corrected chi connectivity index (χ4v) is 4.16. The highest BCUT2D eigenvalue weighted by atomic mass is 32.2. The molecule has 1 saturated carbocycles. The Morgan fingerprint density at radius 1 is 1.33 bits per heavy atom. The van der Waals surface area contributed by atoms with Gasteiger partial charge in [0, 0.05) is 0 Å². The fraction of sp³-hybridized carbons (Fsp3) is 0.571. The Labute approximate surface area is 109 Å². The van der Waals surface area contributed by atoms with Gasteiger partial charge < -0.3 is 0 Å². The first-order valence-electron chi connectivity index (χ1n) is 6.56. The summed E-state index contributed by atoms with van der Waals surface area (Å²) in [5.41, 5.74) is 1.06. The van der Waals surface area contributed by atoms with Gasteiger partial charge in [-0.1, -0.05) is 50.1 Å². The van der Waals surface area contributed by atoms with E-state index in [9.17, 15) is 8.42 Å². The molecule has 0 spiro atoms. The van der Waals surface area contributed by atoms with Crippen LogP contribution in [0.3, 0.4) is 0 Å². The summed E-state index contributed by atoms with van der Waals surface area (Å²) in [7, 11) is -3.47. The molecule has 0 saturated heterocycles. The van der Waals surface area contributed by atoms with Crippen molar-refractivity contribution in [3.8, 4) is 0 Å². The molecule has 1 aliphatic rings. The molecule has 1 aromatic rings. The number of primary sulfonamides is 1. The second-order valence-corrected chi connectivity index (χ2v) is 7.22. The van der Waals surface area contributed by atoms with Crippen LogP contribution in [0.1, 0.15) is 38.2 Å². The topological polar surface area (TPSA) is 60.2 Å². The van der Waals surface area contributed by atoms with Crippen molar-refractivity contribution in [2.75, 3.05) is 0 Å². The maximum absolute atomic E-state index is 11.9. The Kier molecular flexibility index (Phi) is 3.78. The zero-order valence-electron chi connectivity index (χ0n) is 10.8. The maximum Gasteiger partial charge on any atom is 0.215 e. The molecule has 2 atom stereocenters. The fourth-order valence-electron chi connectivity index (χ4n) is 2.78. The average Bonchev–Trinajstić information content (AvgIpc) is 3.02. The van der Waals surface area contributed by atoms with Crippen LogP contribution in [0.15, 0.2) is 30.3 Å². The van der Waals surface area contributed by atoms with Crippen molar-refractivity contribution in [1.29, 1.82) is 0 Å². The first kappa shape index (κ1) is 13.6. The summed E-state index contributed by atoms with van der Waals surface area (Å²) in [6, 6.07) is 9.77. The van der Waals surface area contributed by atoms with Crippen molar-refractivity contribution < 1.29 is 8.42 Å². The molecule has 18 heavy (non-hydrogen) atoms. The van der Waals surface area contributed by atoms with Crippen molar-refractivity contribution in [2.24, 2.45) is 11.1 Å². The number of rotatable bonds is 6. The van der Waals surface area contributed by atoms with Gasteiger partial charge in [0.2, 0.25) is 10.0 Å². The minimum atomic E-state index is -3.47. The highest BCUT2D eigenvalue weighted by Crippen LogP contribution is 2.53. The van der Waals surface area contributed by atoms with Gasteiger partial charge in [-0.15, -0.1) is 0 Å². The van der Waals surface area contributed by atoms with Gasteiger partial charge in [-0.2, -0.15) is 0 Å². The standard InChI is InChI=1S/C14H21NO2S/c1-2-3-9-13-11-14(13,18(15,16)17)10-12-7-5-4-6-8-12/h4-8,13H,2-3,9-11H2,1H3,(H2,15,16,17). The van der Waals surface area contributed by atoms with Crippen LogP contribution in [0.5, 0.6) is 0 Å². The Morgan fingerprint density at radius 3 is 2.56 bits per heavy atom. The second-order valence-electron chi connectivity index (χ2n) is 5.32. The van der Waals surface area contributed by atoms with Crippen LogP contribution in [0.2, 0.25) is 0 Å². The highest BCUT2D eigenvalue weighted by Gasteiger charge is 2.61. The van der Waals surface area contributed by atoms with E-state index in [-0.39, 0.29) is 5.92 Å². The lowest BCUT2D eigenvalue weighted by Crippen LogP contribution is -2.34. The molecule has 2 unspecified atom stereocenters. The van der Waals surface area contributed by atoms with Gasteiger partial charge in [-0.25, -0.2) is 13.6 Å². The van der Waals surface area contributed by atoms with E-state index in [1.807, 2.05) is 30.3 Å². The van der Waals surface area contributed by atoms with Gasteiger partial charge in [0.05, 0.1) is 4.75 Å². The summed E-state index contributed by atoms with van der Waals surface area (Å²) in [6.07, 6.45) is 4.43. The quantitative estimate of drug-likeness (QED) is 0.860. The van der Waals surface area contributed by atoms with Gasteiger partial charge in [-0.3, -0.25) is 0 Å². The van der Waals surface area contributed by atoms with E-state index in [0.29, 0.717) is 6.42 Å². The van der Waals surface area contributed by atoms with Gasteiger partial charge in [0.15, 0.2) is 0 Å². The molecule has 0 amide bonds. The van der Waals surface area contributed by atoms with Gasteiger partial charge >= 0.3 is 0 Å². The summed E-state index contributed by atoms with van der Waals surface area (Å²) in [5.74, 6) is 0.243. The van der Waals surface area contributed by atoms with Crippen LogP contribution in [-0.4, -0.2) is 13.2 Å². The van der Waals surface area contributed by atoms with Crippen LogP contribution in [-0.2, 0) is 16.4 Å². The molecule has 0 aromatic heterocycles. The molecule has 1 aromatic carbocycles. The van der Waals surface area contributed by atoms with Crippen LogP contribution >= 0.6 is 0 Å². The van der Waals surface area contributed by atoms with E-state index in [0.717, 1.165) is 31.2 Å². The second kappa shape index (κ2) is 5.02. The third-order valence-electron chi connectivity index (χ3n) is 3.99. The van der Waals surface area contributed by atoms with Gasteiger partial charge in [0.25, 0.3) is 0 Å². The first-order valence-corrected chi connectivity index (χ1v) is 8.10. The summed E-state index contributed by atoms with van der Waals surface area (Å²) < 4.78 is 23.1. The first-order chi connectivity index (χ1) is 8.49. The largest absolute Gasteiger partial charge is 0.228 e. The molecular weight excluding hydrogens is 246 g/mol. The monoisotopic (exact) mass is 267 g/mol. The molecule has 100 valence electrons. The van der Waals surface area contributed by atoms with Gasteiger partial charge in [-0.05, 0) is 30.7 Å². The normalized spacial score (nSPS) is 27.1. The third-order valence-corrected chi connectivity index (χ3v) is 5.77. The third kappa shape index (κ3) is 2.59. The zero-order chi connectivity index (χ0) is 13.2. The van der Waals surface area contributed by atoms with Crippen molar-refractivity contribution >= 4 is 10.0 Å². The van der Waals surface area contributed by atoms with Crippen molar-refractivity contribution in [3.05, 3.63) is 35.9 Å². The number of hydrogen-bond acceptors (Lipinski definition) is 2. The molecule has 0 bridgehead atoms. The molecule has 2 N–H and O–H groups in total. The summed E-state index contributed by atoms with van der Waals surface area (Å²) >= 11 is 0. The zero-order valence-corrected chi connectivity index (χ0v) is 11.6. The summed E-state index contributed by atoms with van der Waals surface area (Å²) in [6.45, 7) is 2.12. The Hall–Kier alpha value is -0.870. The molecule has 3 nitrogen and oxygen atoms in total. The predicted octanol–water partition coefficient (Wildman–Crippen LogP) is 2.47. The summed E-state index contributed by atoms with van der Waals surface area (Å²) in [4.78, 5) is 0. The molecule has 1 fully saturated rings. The molecule has 4 heteroatoms. The number of nitrogens with two attached hydrogens (primary N) is 1. The van der Waals surface area contributed by atoms with E-state index in [1.165, 1.54) is 0 Å². The van der Waals surface area contributed by atoms with E-state index in [2.05, 4.69) is 6.92 Å². The highest BCUT2D eigenvalue weighted by molar-refractivity contribution is 7.90. The number of benzene rings is 1. The predicted molar refractivity (Wildman–Crippen MR) is 73.6 cm³/mol. The maximum atomic E-state index is 11.9. The lowest BCUT2D eigenvalue weighted by molar-refractivity contribution is 0.551. The molecular formula is C14H21NO2S. The molecule has 0 radical (unpaired) electrons. The van der Waals surface area contributed by atoms with E-state index < -0.39 is 14.8 Å². The SMILES string of the molecule is CCCCC1CC1(Cc1ccccc1)S(N)(=O)=O. The Balaban J connectivity index is 2.15. The van der Waals surface area contributed by atoms with Crippen LogP contribution in [0.25, 0.3) is 0 Å². The number of unbranched alkanes of at least 4 members (excludes halogenated alkanes) is 1. The molecule has 0 heterocycles. The average molecular weight is 267 g/mol. The smallest absolute Gasteiger partial charge is 0.215 e. The molecule has 2 rings (SSSR count). The van der Waals surface area contributed by atoms with E-state index >= 15 is 0 Å². The Morgan fingerprint density at radius 2 is 2.00 bits per heavy atom. The van der Waals surface area contributed by atoms with Crippen LogP contribution in [0, 0.1) is 5.92 Å². The van der Waals surface area contributed by atoms with E-state index in [1.54, 1.807) is 0 Å². The van der Waals surface area contributed by atoms with Gasteiger partial charge in [0.1, 0.15) is 0 Å². The van der Waals surface area contributed by atoms with Crippen LogP contribution < -0.4 is 5.14 Å². The minimum absolute atomic E-state index is 0.243. The number of hydrogen-bond donors (Lipinski definition) is 1. The van der Waals surface area contributed by atoms with Crippen molar-refractivity contribution in [2.45, 2.75) is 43.8 Å². The number of sulfonamides is 1. The van der Waals surface area contributed by atoms with Crippen LogP contribution in [0.4, 0.5) is 0 Å². The molecule has 0 aliphatic heterocycles. The van der Waals surface area contributed by atoms with Crippen molar-refractivity contribution in [1.82, 2.24) is 0 Å². The van der Waals surface area contributed by atoms with Crippen molar-refractivity contribution in [3.63, 3.8) is 0 Å². The Bertz CT molecular complexity index is 498. The lowest BCUT2D eigenvalue weighted by atomic mass is 10.1. The lowest BCUT2D eigenvalue weighted by Gasteiger charge is -2.15. The molecule has 1 aliphatic carbocycles.